The lowest BCUT2D eigenvalue weighted by Crippen LogP contribution is -2.35. The van der Waals surface area contributed by atoms with Crippen molar-refractivity contribution in [3.05, 3.63) is 42.0 Å². The second-order valence-electron chi connectivity index (χ2n) is 4.52. The summed E-state index contributed by atoms with van der Waals surface area (Å²) < 4.78 is 10.4. The van der Waals surface area contributed by atoms with E-state index in [-0.39, 0.29) is 24.5 Å². The zero-order valence-corrected chi connectivity index (χ0v) is 11.9. The van der Waals surface area contributed by atoms with Crippen LogP contribution < -0.4 is 10.1 Å². The summed E-state index contributed by atoms with van der Waals surface area (Å²) >= 11 is 0. The van der Waals surface area contributed by atoms with E-state index >= 15 is 0 Å². The van der Waals surface area contributed by atoms with Crippen LogP contribution in [0.15, 0.2) is 36.4 Å². The molecule has 0 spiro atoms. The Morgan fingerprint density at radius 1 is 1.25 bits per heavy atom. The third-order valence-electron chi connectivity index (χ3n) is 3.43. The van der Waals surface area contributed by atoms with Crippen molar-refractivity contribution in [3.63, 3.8) is 0 Å². The topological polar surface area (TPSA) is 47.6 Å². The highest BCUT2D eigenvalue weighted by molar-refractivity contribution is 5.88. The van der Waals surface area contributed by atoms with Crippen LogP contribution in [0.4, 0.5) is 4.79 Å². The van der Waals surface area contributed by atoms with Crippen molar-refractivity contribution in [1.29, 1.82) is 0 Å². The number of alkyl carbamates (subject to hydrolysis) is 1. The predicted octanol–water partition coefficient (Wildman–Crippen LogP) is 3.44. The highest BCUT2D eigenvalue weighted by Crippen LogP contribution is 2.35. The number of halogens is 1. The molecular formula is C15H16ClNO3. The lowest BCUT2D eigenvalue weighted by Gasteiger charge is -2.26. The molecule has 1 aliphatic heterocycles. The van der Waals surface area contributed by atoms with Crippen molar-refractivity contribution < 1.29 is 14.3 Å². The number of benzene rings is 2. The van der Waals surface area contributed by atoms with Crippen molar-refractivity contribution in [2.45, 2.75) is 12.5 Å². The zero-order chi connectivity index (χ0) is 13.2. The van der Waals surface area contributed by atoms with E-state index in [1.165, 1.54) is 0 Å². The summed E-state index contributed by atoms with van der Waals surface area (Å²) in [6.45, 7) is 0.433. The SMILES string of the molecule is COc1ccc2ccccc2c1[C@@H]1CCOC(=O)N1.Cl. The number of nitrogens with one attached hydrogen (secondary N) is 1. The Labute approximate surface area is 123 Å². The Morgan fingerprint density at radius 2 is 2.05 bits per heavy atom. The first-order chi connectivity index (χ1) is 9.29. The van der Waals surface area contributed by atoms with Gasteiger partial charge in [0.1, 0.15) is 5.75 Å². The molecule has 0 bridgehead atoms. The van der Waals surface area contributed by atoms with E-state index in [0.717, 1.165) is 28.5 Å². The smallest absolute Gasteiger partial charge is 0.407 e. The zero-order valence-electron chi connectivity index (χ0n) is 11.1. The molecule has 1 amide bonds. The van der Waals surface area contributed by atoms with Gasteiger partial charge in [0.2, 0.25) is 0 Å². The summed E-state index contributed by atoms with van der Waals surface area (Å²) in [6.07, 6.45) is 0.377. The molecule has 1 N–H and O–H groups in total. The van der Waals surface area contributed by atoms with Crippen LogP contribution in [0, 0.1) is 0 Å². The molecule has 0 saturated carbocycles. The molecule has 106 valence electrons. The maximum atomic E-state index is 11.4. The molecule has 2 aromatic carbocycles. The molecule has 1 aliphatic rings. The van der Waals surface area contributed by atoms with E-state index in [1.807, 2.05) is 24.3 Å². The van der Waals surface area contributed by atoms with Gasteiger partial charge in [-0.1, -0.05) is 30.3 Å². The third-order valence-corrected chi connectivity index (χ3v) is 3.43. The highest BCUT2D eigenvalue weighted by Gasteiger charge is 2.25. The molecule has 5 heteroatoms. The van der Waals surface area contributed by atoms with E-state index in [1.54, 1.807) is 7.11 Å². The minimum atomic E-state index is -0.369. The van der Waals surface area contributed by atoms with E-state index in [9.17, 15) is 4.79 Å². The number of amides is 1. The molecule has 0 aromatic heterocycles. The van der Waals surface area contributed by atoms with Crippen molar-refractivity contribution in [1.82, 2.24) is 5.32 Å². The second-order valence-corrected chi connectivity index (χ2v) is 4.52. The van der Waals surface area contributed by atoms with Gasteiger partial charge in [-0.25, -0.2) is 4.79 Å². The molecule has 0 radical (unpaired) electrons. The Balaban J connectivity index is 0.00000147. The summed E-state index contributed by atoms with van der Waals surface area (Å²) in [5, 5.41) is 5.10. The van der Waals surface area contributed by atoms with Crippen LogP contribution in [0.25, 0.3) is 10.8 Å². The number of cyclic esters (lactones) is 1. The molecule has 2 aromatic rings. The Hall–Kier alpha value is -1.94. The normalized spacial score (nSPS) is 17.9. The quantitative estimate of drug-likeness (QED) is 0.922. The van der Waals surface area contributed by atoms with Crippen LogP contribution in [0.2, 0.25) is 0 Å². The molecule has 0 aliphatic carbocycles. The largest absolute Gasteiger partial charge is 0.496 e. The minimum Gasteiger partial charge on any atom is -0.496 e. The van der Waals surface area contributed by atoms with Crippen molar-refractivity contribution in [2.75, 3.05) is 13.7 Å². The average Bonchev–Trinajstić information content (AvgIpc) is 2.46. The summed E-state index contributed by atoms with van der Waals surface area (Å²) in [6, 6.07) is 12.0. The molecule has 1 saturated heterocycles. The first-order valence-corrected chi connectivity index (χ1v) is 6.28. The summed E-state index contributed by atoms with van der Waals surface area (Å²) in [5.41, 5.74) is 1.03. The summed E-state index contributed by atoms with van der Waals surface area (Å²) in [4.78, 5) is 11.4. The van der Waals surface area contributed by atoms with Crippen LogP contribution in [0.5, 0.6) is 5.75 Å². The van der Waals surface area contributed by atoms with Gasteiger partial charge in [-0.15, -0.1) is 12.4 Å². The number of carbonyl (C=O) groups is 1. The van der Waals surface area contributed by atoms with E-state index in [4.69, 9.17) is 9.47 Å². The van der Waals surface area contributed by atoms with Crippen LogP contribution >= 0.6 is 12.4 Å². The van der Waals surface area contributed by atoms with Gasteiger partial charge in [0, 0.05) is 12.0 Å². The minimum absolute atomic E-state index is 0. The fraction of sp³-hybridized carbons (Fsp3) is 0.267. The van der Waals surface area contributed by atoms with Gasteiger partial charge < -0.3 is 14.8 Å². The van der Waals surface area contributed by atoms with Gasteiger partial charge in [-0.05, 0) is 16.8 Å². The number of rotatable bonds is 2. The lowest BCUT2D eigenvalue weighted by atomic mass is 9.95. The van der Waals surface area contributed by atoms with E-state index in [0.29, 0.717) is 6.61 Å². The number of ether oxygens (including phenoxy) is 2. The van der Waals surface area contributed by atoms with Crippen LogP contribution in [-0.2, 0) is 4.74 Å². The fourth-order valence-corrected chi connectivity index (χ4v) is 2.56. The highest BCUT2D eigenvalue weighted by atomic mass is 35.5. The number of hydrogen-bond acceptors (Lipinski definition) is 3. The summed E-state index contributed by atoms with van der Waals surface area (Å²) in [5.74, 6) is 0.797. The average molecular weight is 294 g/mol. The maximum Gasteiger partial charge on any atom is 0.407 e. The lowest BCUT2D eigenvalue weighted by molar-refractivity contribution is 0.115. The fourth-order valence-electron chi connectivity index (χ4n) is 2.56. The van der Waals surface area contributed by atoms with Gasteiger partial charge in [0.15, 0.2) is 0 Å². The molecular weight excluding hydrogens is 278 g/mol. The second kappa shape index (κ2) is 6.01. The number of carbonyl (C=O) groups excluding carboxylic acids is 1. The number of fused-ring (bicyclic) bond motifs is 1. The van der Waals surface area contributed by atoms with E-state index in [2.05, 4.69) is 17.4 Å². The van der Waals surface area contributed by atoms with Gasteiger partial charge in [-0.3, -0.25) is 0 Å². The first kappa shape index (κ1) is 14.5. The Kier molecular flexibility index (Phi) is 4.35. The van der Waals surface area contributed by atoms with Crippen LogP contribution in [0.3, 0.4) is 0 Å². The van der Waals surface area contributed by atoms with Crippen molar-refractivity contribution in [3.8, 4) is 5.75 Å². The van der Waals surface area contributed by atoms with Crippen LogP contribution in [-0.4, -0.2) is 19.8 Å². The van der Waals surface area contributed by atoms with Crippen molar-refractivity contribution in [2.24, 2.45) is 0 Å². The summed E-state index contributed by atoms with van der Waals surface area (Å²) in [7, 11) is 1.65. The van der Waals surface area contributed by atoms with Crippen molar-refractivity contribution >= 4 is 29.3 Å². The standard InChI is InChI=1S/C15H15NO3.ClH/c1-18-13-7-6-10-4-2-3-5-11(10)14(13)12-8-9-19-15(17)16-12;/h2-7,12H,8-9H2,1H3,(H,16,17);1H/t12-;/m0./s1. The van der Waals surface area contributed by atoms with Gasteiger partial charge >= 0.3 is 6.09 Å². The molecule has 1 fully saturated rings. The number of methoxy groups -OCH3 is 1. The first-order valence-electron chi connectivity index (χ1n) is 6.28. The molecule has 20 heavy (non-hydrogen) atoms. The molecule has 1 atom stereocenters. The predicted molar refractivity (Wildman–Crippen MR) is 79.6 cm³/mol. The third kappa shape index (κ3) is 2.51. The van der Waals surface area contributed by atoms with Gasteiger partial charge in [0.05, 0.1) is 19.8 Å². The molecule has 4 nitrogen and oxygen atoms in total. The maximum absolute atomic E-state index is 11.4. The van der Waals surface area contributed by atoms with E-state index < -0.39 is 0 Å². The number of hydrogen-bond donors (Lipinski definition) is 1. The van der Waals surface area contributed by atoms with Gasteiger partial charge in [-0.2, -0.15) is 0 Å². The molecule has 0 unspecified atom stereocenters. The Bertz CT molecular complexity index is 630. The molecule has 1 heterocycles. The van der Waals surface area contributed by atoms with Crippen LogP contribution in [0.1, 0.15) is 18.0 Å². The Morgan fingerprint density at radius 3 is 2.80 bits per heavy atom. The van der Waals surface area contributed by atoms with Gasteiger partial charge in [0.25, 0.3) is 0 Å². The monoisotopic (exact) mass is 293 g/mol. The molecule has 3 rings (SSSR count).